The molecule has 1 aromatic heterocycles. The van der Waals surface area contributed by atoms with Crippen LogP contribution in [0.25, 0.3) is 11.1 Å². The zero-order valence-corrected chi connectivity index (χ0v) is 15.9. The molecule has 5 nitrogen and oxygen atoms in total. The standard InChI is InChI=1S/C22H16N4OS/c1-14(20(27)16-10-6-3-7-11-16)28-22-18(13-24)19(15-8-4-2-5-9-15)17(12-23)21(25)26-22/h2-11,14H,1H3,(H2,25,26). The van der Waals surface area contributed by atoms with Crippen LogP contribution >= 0.6 is 11.8 Å². The normalized spacial score (nSPS) is 11.2. The number of thioether (sulfide) groups is 1. The average molecular weight is 384 g/mol. The largest absolute Gasteiger partial charge is 0.383 e. The molecule has 0 saturated carbocycles. The quantitative estimate of drug-likeness (QED) is 0.515. The first-order chi connectivity index (χ1) is 13.6. The first-order valence-corrected chi connectivity index (χ1v) is 9.39. The molecule has 1 atom stereocenters. The average Bonchev–Trinajstić information content (AvgIpc) is 2.74. The highest BCUT2D eigenvalue weighted by molar-refractivity contribution is 8.00. The molecule has 0 aliphatic carbocycles. The molecule has 0 saturated heterocycles. The van der Waals surface area contributed by atoms with Crippen LogP contribution < -0.4 is 5.73 Å². The maximum Gasteiger partial charge on any atom is 0.175 e. The fourth-order valence-corrected chi connectivity index (χ4v) is 3.83. The number of hydrogen-bond donors (Lipinski definition) is 1. The molecule has 136 valence electrons. The van der Waals surface area contributed by atoms with Gasteiger partial charge in [0.1, 0.15) is 28.5 Å². The lowest BCUT2D eigenvalue weighted by atomic mass is 9.97. The highest BCUT2D eigenvalue weighted by Gasteiger charge is 2.24. The predicted octanol–water partition coefficient (Wildman–Crippen LogP) is 4.44. The monoisotopic (exact) mass is 384 g/mol. The molecule has 0 radical (unpaired) electrons. The van der Waals surface area contributed by atoms with E-state index in [9.17, 15) is 15.3 Å². The summed E-state index contributed by atoms with van der Waals surface area (Å²) in [5, 5.41) is 19.2. The number of Topliss-reactive ketones (excluding diaryl/α,β-unsaturated/α-hetero) is 1. The van der Waals surface area contributed by atoms with Crippen molar-refractivity contribution in [2.75, 3.05) is 5.73 Å². The van der Waals surface area contributed by atoms with E-state index in [1.807, 2.05) is 36.4 Å². The summed E-state index contributed by atoms with van der Waals surface area (Å²) < 4.78 is 0. The molecule has 3 aromatic rings. The number of pyridine rings is 1. The lowest BCUT2D eigenvalue weighted by Crippen LogP contribution is -2.14. The third kappa shape index (κ3) is 3.73. The second-order valence-corrected chi connectivity index (χ2v) is 7.34. The van der Waals surface area contributed by atoms with Crippen LogP contribution in [0, 0.1) is 22.7 Å². The van der Waals surface area contributed by atoms with Crippen LogP contribution in [-0.2, 0) is 0 Å². The van der Waals surface area contributed by atoms with Gasteiger partial charge in [-0.05, 0) is 12.5 Å². The van der Waals surface area contributed by atoms with E-state index in [1.165, 1.54) is 11.8 Å². The summed E-state index contributed by atoms with van der Waals surface area (Å²) in [6.45, 7) is 1.76. The third-order valence-corrected chi connectivity index (χ3v) is 5.28. The molecule has 6 heteroatoms. The highest BCUT2D eigenvalue weighted by Crippen LogP contribution is 2.37. The van der Waals surface area contributed by atoms with Crippen molar-refractivity contribution in [2.45, 2.75) is 17.2 Å². The Bertz CT molecular complexity index is 1100. The van der Waals surface area contributed by atoms with E-state index in [-0.39, 0.29) is 22.7 Å². The number of anilines is 1. The molecule has 0 bridgehead atoms. The van der Waals surface area contributed by atoms with Crippen LogP contribution in [-0.4, -0.2) is 16.0 Å². The minimum atomic E-state index is -0.474. The second kappa shape index (κ2) is 8.39. The van der Waals surface area contributed by atoms with Gasteiger partial charge in [0.2, 0.25) is 0 Å². The summed E-state index contributed by atoms with van der Waals surface area (Å²) >= 11 is 1.17. The van der Waals surface area contributed by atoms with E-state index in [4.69, 9.17) is 5.73 Å². The lowest BCUT2D eigenvalue weighted by Gasteiger charge is -2.15. The molecule has 2 N–H and O–H groups in total. The molecular weight excluding hydrogens is 368 g/mol. The van der Waals surface area contributed by atoms with Crippen LogP contribution in [0.2, 0.25) is 0 Å². The van der Waals surface area contributed by atoms with E-state index in [2.05, 4.69) is 17.1 Å². The minimum Gasteiger partial charge on any atom is -0.383 e. The number of hydrogen-bond acceptors (Lipinski definition) is 6. The first-order valence-electron chi connectivity index (χ1n) is 8.51. The van der Waals surface area contributed by atoms with Gasteiger partial charge in [-0.2, -0.15) is 10.5 Å². The van der Waals surface area contributed by atoms with Gasteiger partial charge in [-0.25, -0.2) is 4.98 Å². The molecule has 0 aliphatic rings. The number of nitrogen functional groups attached to an aromatic ring is 1. The number of carbonyl (C=O) groups excluding carboxylic acids is 1. The molecule has 2 aromatic carbocycles. The minimum absolute atomic E-state index is 0.0437. The second-order valence-electron chi connectivity index (χ2n) is 6.01. The Labute approximate surface area is 167 Å². The van der Waals surface area contributed by atoms with Crippen molar-refractivity contribution >= 4 is 23.4 Å². The summed E-state index contributed by atoms with van der Waals surface area (Å²) in [4.78, 5) is 17.0. The van der Waals surface area contributed by atoms with E-state index in [0.29, 0.717) is 21.7 Å². The molecule has 0 aliphatic heterocycles. The Kier molecular flexibility index (Phi) is 5.74. The van der Waals surface area contributed by atoms with Crippen molar-refractivity contribution in [3.05, 3.63) is 77.4 Å². The van der Waals surface area contributed by atoms with Crippen LogP contribution in [0.1, 0.15) is 28.4 Å². The number of benzene rings is 2. The lowest BCUT2D eigenvalue weighted by molar-refractivity contribution is 0.0994. The number of aromatic nitrogens is 1. The molecule has 0 fully saturated rings. The number of nitriles is 2. The van der Waals surface area contributed by atoms with E-state index in [1.54, 1.807) is 31.2 Å². The third-order valence-electron chi connectivity index (χ3n) is 4.19. The van der Waals surface area contributed by atoms with Crippen LogP contribution in [0.15, 0.2) is 65.7 Å². The summed E-state index contributed by atoms with van der Waals surface area (Å²) in [5.74, 6) is -0.0253. The van der Waals surface area contributed by atoms with Crippen molar-refractivity contribution in [2.24, 2.45) is 0 Å². The molecule has 3 rings (SSSR count). The van der Waals surface area contributed by atoms with Crippen LogP contribution in [0.3, 0.4) is 0 Å². The van der Waals surface area contributed by atoms with Gasteiger partial charge in [0, 0.05) is 11.1 Å². The highest BCUT2D eigenvalue weighted by atomic mass is 32.2. The topological polar surface area (TPSA) is 104 Å². The summed E-state index contributed by atoms with van der Waals surface area (Å²) in [5.41, 5.74) is 8.16. The Morgan fingerprint density at radius 2 is 1.57 bits per heavy atom. The summed E-state index contributed by atoms with van der Waals surface area (Å²) in [7, 11) is 0. The van der Waals surface area contributed by atoms with Gasteiger partial charge in [-0.1, -0.05) is 72.4 Å². The van der Waals surface area contributed by atoms with E-state index < -0.39 is 5.25 Å². The Balaban J connectivity index is 2.08. The van der Waals surface area contributed by atoms with Crippen molar-refractivity contribution in [1.82, 2.24) is 4.98 Å². The van der Waals surface area contributed by atoms with Gasteiger partial charge in [-0.15, -0.1) is 0 Å². The maximum atomic E-state index is 12.7. The number of rotatable bonds is 5. The Morgan fingerprint density at radius 3 is 2.14 bits per heavy atom. The summed E-state index contributed by atoms with van der Waals surface area (Å²) in [6, 6.07) is 22.3. The van der Waals surface area contributed by atoms with Gasteiger partial charge in [-0.3, -0.25) is 4.79 Å². The Hall–Kier alpha value is -3.61. The van der Waals surface area contributed by atoms with Gasteiger partial charge >= 0.3 is 0 Å². The number of nitrogens with zero attached hydrogens (tertiary/aromatic N) is 3. The van der Waals surface area contributed by atoms with Crippen molar-refractivity contribution in [3.8, 4) is 23.3 Å². The first kappa shape index (κ1) is 19.2. The zero-order chi connectivity index (χ0) is 20.1. The fraction of sp³-hybridized carbons (Fsp3) is 0.0909. The number of carbonyl (C=O) groups is 1. The van der Waals surface area contributed by atoms with Gasteiger partial charge in [0.15, 0.2) is 5.78 Å². The SMILES string of the molecule is CC(Sc1nc(N)c(C#N)c(-c2ccccc2)c1C#N)C(=O)c1ccccc1. The van der Waals surface area contributed by atoms with Gasteiger partial charge < -0.3 is 5.73 Å². The fourth-order valence-electron chi connectivity index (χ4n) is 2.83. The van der Waals surface area contributed by atoms with Crippen LogP contribution in [0.5, 0.6) is 0 Å². The molecular formula is C22H16N4OS. The smallest absolute Gasteiger partial charge is 0.175 e. The van der Waals surface area contributed by atoms with Crippen molar-refractivity contribution in [3.63, 3.8) is 0 Å². The van der Waals surface area contributed by atoms with Crippen molar-refractivity contribution < 1.29 is 4.79 Å². The molecule has 28 heavy (non-hydrogen) atoms. The maximum absolute atomic E-state index is 12.7. The van der Waals surface area contributed by atoms with Crippen LogP contribution in [0.4, 0.5) is 5.82 Å². The molecule has 1 heterocycles. The van der Waals surface area contributed by atoms with E-state index in [0.717, 1.165) is 0 Å². The van der Waals surface area contributed by atoms with E-state index >= 15 is 0 Å². The molecule has 1 unspecified atom stereocenters. The summed E-state index contributed by atoms with van der Waals surface area (Å²) in [6.07, 6.45) is 0. The Morgan fingerprint density at radius 1 is 1.00 bits per heavy atom. The van der Waals surface area contributed by atoms with Crippen molar-refractivity contribution in [1.29, 1.82) is 10.5 Å². The number of nitrogens with two attached hydrogens (primary N) is 1. The molecule has 0 spiro atoms. The van der Waals surface area contributed by atoms with Gasteiger partial charge in [0.25, 0.3) is 0 Å². The zero-order valence-electron chi connectivity index (χ0n) is 15.1. The molecule has 0 amide bonds. The number of ketones is 1. The predicted molar refractivity (Wildman–Crippen MR) is 110 cm³/mol. The van der Waals surface area contributed by atoms with Gasteiger partial charge in [0.05, 0.1) is 10.8 Å².